The number of esters is 1. The molecule has 0 unspecified atom stereocenters. The lowest BCUT2D eigenvalue weighted by Crippen LogP contribution is -2.34. The fourth-order valence-corrected chi connectivity index (χ4v) is 4.03. The molecule has 0 bridgehead atoms. The maximum absolute atomic E-state index is 12.8. The first-order chi connectivity index (χ1) is 15.2. The second-order valence-corrected chi connectivity index (χ2v) is 9.57. The molecule has 5 nitrogen and oxygen atoms in total. The summed E-state index contributed by atoms with van der Waals surface area (Å²) >= 11 is 1.47. The molecule has 3 rings (SSSR count). The van der Waals surface area contributed by atoms with Crippen LogP contribution in [0.1, 0.15) is 68.4 Å². The van der Waals surface area contributed by atoms with E-state index in [1.54, 1.807) is 31.2 Å². The van der Waals surface area contributed by atoms with E-state index in [9.17, 15) is 9.59 Å². The largest absolute Gasteiger partial charge is 0.464 e. The first-order valence-corrected chi connectivity index (χ1v) is 11.4. The Bertz CT molecular complexity index is 1080. The molecule has 0 aliphatic heterocycles. The highest BCUT2D eigenvalue weighted by molar-refractivity contribution is 7.99. The fraction of sp³-hybridized carbons (Fsp3) is 0.333. The van der Waals surface area contributed by atoms with Crippen LogP contribution in [-0.4, -0.2) is 18.5 Å². The molecule has 2 aromatic carbocycles. The molecule has 176 valence electrons. The van der Waals surface area contributed by atoms with Gasteiger partial charge in [0.25, 0.3) is 5.91 Å². The molecule has 1 amide bonds. The van der Waals surface area contributed by atoms with Crippen LogP contribution in [0.2, 0.25) is 0 Å². The zero-order valence-corrected chi connectivity index (χ0v) is 19.9. The molecule has 33 heavy (non-hydrogen) atoms. The molecule has 1 aromatic heterocycles. The highest BCUT2D eigenvalue weighted by Gasteiger charge is 2.26. The van der Waals surface area contributed by atoms with Gasteiger partial charge < -0.3 is 14.5 Å². The quantitative estimate of drug-likeness (QED) is 0.391. The summed E-state index contributed by atoms with van der Waals surface area (Å²) in [6, 6.07) is 17.9. The number of carbonyl (C=O) groups is 2. The second-order valence-electron chi connectivity index (χ2n) is 8.52. The van der Waals surface area contributed by atoms with Gasteiger partial charge in [-0.2, -0.15) is 0 Å². The third kappa shape index (κ3) is 6.75. The van der Waals surface area contributed by atoms with E-state index in [4.69, 9.17) is 9.15 Å². The number of benzene rings is 2. The van der Waals surface area contributed by atoms with Crippen molar-refractivity contribution in [2.45, 2.75) is 63.5 Å². The zero-order valence-electron chi connectivity index (χ0n) is 19.1. The van der Waals surface area contributed by atoms with Gasteiger partial charge in [0.1, 0.15) is 0 Å². The lowest BCUT2D eigenvalue weighted by molar-refractivity contribution is -0.145. The smallest absolute Gasteiger partial charge is 0.333 e. The molecule has 0 aliphatic rings. The summed E-state index contributed by atoms with van der Waals surface area (Å²) in [6.45, 7) is 10.5. The average molecular weight is 468 g/mol. The lowest BCUT2D eigenvalue weighted by Gasteiger charge is -2.20. The Labute approximate surface area is 200 Å². The standard InChI is InChI=1S/C26H29NO4S.CH4/c1-6-30-25(29)23(18-10-8-7-9-11-18)27-24(28)20-14-15-22(31-20)32-21-16-19(26(3,4)5)13-12-17(21)2;/h7-16,23H,6H2,1-5H3,(H,27,28);1H4/t23-;/m0./s1. The van der Waals surface area contributed by atoms with Crippen molar-refractivity contribution in [1.29, 1.82) is 0 Å². The number of rotatable bonds is 7. The van der Waals surface area contributed by atoms with E-state index in [2.05, 4.69) is 51.2 Å². The molecular formula is C27H33NO4S. The number of ether oxygens (including phenoxy) is 1. The normalized spacial score (nSPS) is 11.9. The van der Waals surface area contributed by atoms with E-state index in [0.29, 0.717) is 10.7 Å². The van der Waals surface area contributed by atoms with E-state index in [0.717, 1.165) is 10.5 Å². The molecule has 1 atom stereocenters. The van der Waals surface area contributed by atoms with E-state index in [-0.39, 0.29) is 25.2 Å². The van der Waals surface area contributed by atoms with Crippen LogP contribution in [0.25, 0.3) is 0 Å². The van der Waals surface area contributed by atoms with Crippen molar-refractivity contribution in [3.05, 3.63) is 83.1 Å². The Balaban J connectivity index is 0.00000385. The first-order valence-electron chi connectivity index (χ1n) is 10.6. The van der Waals surface area contributed by atoms with Gasteiger partial charge in [-0.05, 0) is 54.2 Å². The minimum Gasteiger partial charge on any atom is -0.464 e. The fourth-order valence-electron chi connectivity index (χ4n) is 3.13. The number of aryl methyl sites for hydroxylation is 1. The number of amides is 1. The second kappa shape index (κ2) is 11.2. The molecule has 1 N–H and O–H groups in total. The van der Waals surface area contributed by atoms with Crippen molar-refractivity contribution in [2.24, 2.45) is 0 Å². The number of hydrogen-bond donors (Lipinski definition) is 1. The summed E-state index contributed by atoms with van der Waals surface area (Å²) in [7, 11) is 0. The van der Waals surface area contributed by atoms with Crippen LogP contribution in [0.15, 0.2) is 75.1 Å². The van der Waals surface area contributed by atoms with Crippen molar-refractivity contribution in [2.75, 3.05) is 6.61 Å². The molecule has 1 heterocycles. The van der Waals surface area contributed by atoms with Gasteiger partial charge in [0.2, 0.25) is 0 Å². The predicted octanol–water partition coefficient (Wildman–Crippen LogP) is 6.71. The van der Waals surface area contributed by atoms with Gasteiger partial charge in [0.15, 0.2) is 16.9 Å². The summed E-state index contributed by atoms with van der Waals surface area (Å²) in [4.78, 5) is 26.3. The number of hydrogen-bond acceptors (Lipinski definition) is 5. The Kier molecular flexibility index (Phi) is 8.94. The first kappa shape index (κ1) is 26.3. The molecule has 0 fully saturated rings. The van der Waals surface area contributed by atoms with E-state index in [1.807, 2.05) is 18.2 Å². The molecular weight excluding hydrogens is 434 g/mol. The third-order valence-corrected chi connectivity index (χ3v) is 6.08. The van der Waals surface area contributed by atoms with Crippen LogP contribution < -0.4 is 5.32 Å². The van der Waals surface area contributed by atoms with Gasteiger partial charge >= 0.3 is 5.97 Å². The van der Waals surface area contributed by atoms with Gasteiger partial charge in [0.05, 0.1) is 6.61 Å². The lowest BCUT2D eigenvalue weighted by atomic mass is 9.87. The SMILES string of the molecule is C.CCOC(=O)[C@@H](NC(=O)c1ccc(Sc2cc(C(C)(C)C)ccc2C)o1)c1ccccc1. The summed E-state index contributed by atoms with van der Waals surface area (Å²) in [5.74, 6) is -0.843. The van der Waals surface area contributed by atoms with Crippen molar-refractivity contribution >= 4 is 23.6 Å². The highest BCUT2D eigenvalue weighted by Crippen LogP contribution is 2.35. The molecule has 3 aromatic rings. The summed E-state index contributed by atoms with van der Waals surface area (Å²) in [5, 5.41) is 3.34. The number of nitrogens with one attached hydrogen (secondary N) is 1. The van der Waals surface area contributed by atoms with Crippen LogP contribution >= 0.6 is 11.8 Å². The van der Waals surface area contributed by atoms with Crippen LogP contribution in [0, 0.1) is 6.92 Å². The minimum absolute atomic E-state index is 0. The van der Waals surface area contributed by atoms with Crippen molar-refractivity contribution < 1.29 is 18.7 Å². The Hall–Kier alpha value is -2.99. The van der Waals surface area contributed by atoms with Gasteiger partial charge in [-0.15, -0.1) is 0 Å². The maximum Gasteiger partial charge on any atom is 0.333 e. The van der Waals surface area contributed by atoms with Crippen molar-refractivity contribution in [3.8, 4) is 0 Å². The molecule has 0 aliphatic carbocycles. The van der Waals surface area contributed by atoms with Crippen molar-refractivity contribution in [3.63, 3.8) is 0 Å². The zero-order chi connectivity index (χ0) is 23.3. The Morgan fingerprint density at radius 1 is 1.06 bits per heavy atom. The predicted molar refractivity (Wildman–Crippen MR) is 133 cm³/mol. The molecule has 0 saturated carbocycles. The topological polar surface area (TPSA) is 68.5 Å². The number of carbonyl (C=O) groups excluding carboxylic acids is 2. The van der Waals surface area contributed by atoms with Gasteiger partial charge in [-0.1, -0.05) is 82.4 Å². The molecule has 6 heteroatoms. The monoisotopic (exact) mass is 467 g/mol. The maximum atomic E-state index is 12.8. The summed E-state index contributed by atoms with van der Waals surface area (Å²) < 4.78 is 10.9. The molecule has 0 spiro atoms. The van der Waals surface area contributed by atoms with Gasteiger partial charge in [-0.3, -0.25) is 4.79 Å². The molecule has 0 radical (unpaired) electrons. The minimum atomic E-state index is -0.907. The summed E-state index contributed by atoms with van der Waals surface area (Å²) in [6.07, 6.45) is 0. The molecule has 0 saturated heterocycles. The van der Waals surface area contributed by atoms with Gasteiger partial charge in [0, 0.05) is 4.90 Å². The van der Waals surface area contributed by atoms with E-state index < -0.39 is 17.9 Å². The average Bonchev–Trinajstić information content (AvgIpc) is 3.22. The van der Waals surface area contributed by atoms with Crippen LogP contribution in [0.5, 0.6) is 0 Å². The van der Waals surface area contributed by atoms with Gasteiger partial charge in [-0.25, -0.2) is 4.79 Å². The van der Waals surface area contributed by atoms with Crippen LogP contribution in [0.4, 0.5) is 0 Å². The Morgan fingerprint density at radius 2 is 1.76 bits per heavy atom. The number of furan rings is 1. The Morgan fingerprint density at radius 3 is 2.39 bits per heavy atom. The van der Waals surface area contributed by atoms with E-state index >= 15 is 0 Å². The highest BCUT2D eigenvalue weighted by atomic mass is 32.2. The van der Waals surface area contributed by atoms with Crippen molar-refractivity contribution in [1.82, 2.24) is 5.32 Å². The van der Waals surface area contributed by atoms with Crippen LogP contribution in [-0.2, 0) is 14.9 Å². The van der Waals surface area contributed by atoms with E-state index in [1.165, 1.54) is 17.3 Å². The van der Waals surface area contributed by atoms with Crippen LogP contribution in [0.3, 0.4) is 0 Å². The third-order valence-electron chi connectivity index (χ3n) is 5.00. The summed E-state index contributed by atoms with van der Waals surface area (Å²) in [5.41, 5.74) is 3.05.